The first-order valence-electron chi connectivity index (χ1n) is 37.6. The van der Waals surface area contributed by atoms with Gasteiger partial charge in [-0.3, -0.25) is 18.3 Å². The second kappa shape index (κ2) is 50.4. The lowest BCUT2D eigenvalue weighted by atomic mass is 10.0. The second-order valence-corrected chi connectivity index (χ2v) is 42.4. The summed E-state index contributed by atoms with van der Waals surface area (Å²) in [6.45, 7) is 16.9. The summed E-state index contributed by atoms with van der Waals surface area (Å²) in [5, 5.41) is 54.5. The molecule has 26 nitrogen and oxygen atoms in total. The smallest absolute Gasteiger partial charge is 0.335 e. The van der Waals surface area contributed by atoms with Crippen LogP contribution in [-0.2, 0) is 37.5 Å². The van der Waals surface area contributed by atoms with Gasteiger partial charge in [0.2, 0.25) is 7.37 Å². The maximum Gasteiger partial charge on any atom is 0.335 e. The van der Waals surface area contributed by atoms with Gasteiger partial charge in [-0.15, -0.1) is 0 Å². The van der Waals surface area contributed by atoms with Gasteiger partial charge in [0.05, 0.1) is 30.3 Å². The number of ether oxygens (including phenoxy) is 1. The van der Waals surface area contributed by atoms with E-state index >= 15 is 0 Å². The number of halogens is 4. The quantitative estimate of drug-likeness (QED) is 0.0298. The minimum Gasteiger partial charge on any atom is -0.508 e. The Morgan fingerprint density at radius 2 is 0.812 bits per heavy atom. The summed E-state index contributed by atoms with van der Waals surface area (Å²) < 4.78 is 55.4. The normalized spacial score (nSPS) is 12.5. The number of piperidine rings is 1. The Morgan fingerprint density at radius 3 is 1.09 bits per heavy atom. The Balaban J connectivity index is 0.000000316. The van der Waals surface area contributed by atoms with Gasteiger partial charge in [-0.25, -0.2) is 29.9 Å². The molecule has 1 aliphatic rings. The Kier molecular flexibility index (Phi) is 43.7. The number of methoxy groups -OCH3 is 1. The molecule has 6 aromatic carbocycles. The van der Waals surface area contributed by atoms with Gasteiger partial charge in [0.15, 0.2) is 0 Å². The number of phenols is 2. The molecule has 0 bridgehead atoms. The Hall–Kier alpha value is -7.74. The Bertz CT molecular complexity index is 5160. The number of hydrogen-bond acceptors (Lipinski definition) is 20. The van der Waals surface area contributed by atoms with E-state index in [1.165, 1.54) is 24.5 Å². The van der Waals surface area contributed by atoms with Gasteiger partial charge in [0, 0.05) is 108 Å². The fraction of sp³-hybridized carbons (Fsp3) is 0.349. The third-order valence-electron chi connectivity index (χ3n) is 17.6. The van der Waals surface area contributed by atoms with Crippen molar-refractivity contribution in [3.05, 3.63) is 217 Å². The van der Waals surface area contributed by atoms with Crippen molar-refractivity contribution in [2.75, 3.05) is 72.6 Å². The van der Waals surface area contributed by atoms with Gasteiger partial charge in [0.25, 0.3) is 11.7 Å². The molecule has 0 saturated carbocycles. The standard InChI is InChI=1S/C23H25N3O6P2.C23H23N3O.C22H21N3O.C6H13NO.2C3H8O.CH2Cl4O2P2.CH5N.CH4O.H3N/c1-16-22-21(18-5-2-6-20(27)12-18)13-26(23(22)25-14-24-16)19-9-7-17(8-10-19)4-3-11-33(28,29)15-34(30,31)32;1-4-6-17-9-11-19(12-10-17)26-14-21(18-7-5-8-20(13-18)27-3)22-16(2)24-15-25-23(22)26;1-3-5-16-8-10-18(11-9-16)25-13-20(17-6-4-7-19(26)12-17)21-15(2)23-14-24-22(21)25;1-7-4-2-6(8)3-5-7;2*1-2-3-4;2-8(3,6)1-9(4,5)7;2*1-2;/h2,5-10,12-14,27H,3-4,11,15H2,1H3,(H,28,29)(H2,30,31,32);5,7-15H,4,6H2,1-3H3;4,6-14,26H,3,5H2,1-2H3;6,8H,2-5H2,1H3;2*4H,2-3H2,1H3;1H2;2H2,1H3;2H,1H3;1H3. The lowest BCUT2D eigenvalue weighted by Crippen LogP contribution is -2.32. The first kappa shape index (κ1) is 102. The number of nitrogens with zero attached hydrogens (tertiary/aromatic N) is 10. The number of likely N-dealkylation sites (tertiary alicyclic amines) is 1. The highest BCUT2D eigenvalue weighted by molar-refractivity contribution is 8.21. The van der Waals surface area contributed by atoms with Gasteiger partial charge >= 0.3 is 7.60 Å². The Morgan fingerprint density at radius 1 is 0.487 bits per heavy atom. The minimum atomic E-state index is -4.53. The fourth-order valence-corrected chi connectivity index (χ4v) is 24.6. The molecule has 0 amide bonds. The molecule has 636 valence electrons. The number of aromatic hydroxyl groups is 2. The molecular formula is C83H112Cl4N12O14P4. The predicted molar refractivity (Wildman–Crippen MR) is 479 cm³/mol. The average molecular weight is 1770 g/mol. The molecule has 1 unspecified atom stereocenters. The number of aromatic nitrogens is 9. The summed E-state index contributed by atoms with van der Waals surface area (Å²) in [6.07, 6.45) is 19.8. The van der Waals surface area contributed by atoms with Crippen LogP contribution < -0.4 is 16.6 Å². The van der Waals surface area contributed by atoms with E-state index < -0.39 is 38.5 Å². The molecule has 12 aromatic rings. The second-order valence-electron chi connectivity index (χ2n) is 26.8. The molecular weight excluding hydrogens is 1650 g/mol. The summed E-state index contributed by atoms with van der Waals surface area (Å²) in [4.78, 5) is 56.7. The molecule has 0 aliphatic carbocycles. The summed E-state index contributed by atoms with van der Waals surface area (Å²) in [7, 11) is -2.12. The van der Waals surface area contributed by atoms with Crippen LogP contribution in [0.2, 0.25) is 0 Å². The molecule has 1 fully saturated rings. The molecule has 34 heteroatoms. The number of rotatable bonds is 21. The maximum atomic E-state index is 12.0. The number of nitrogens with two attached hydrogens (primary N) is 1. The highest BCUT2D eigenvalue weighted by atomic mass is 35.9. The number of aryl methyl sites for hydroxylation is 6. The SMILES string of the molecule is CCCO.CCCO.CCCc1ccc(-n2cc(-c3cccc(O)c3)c3c(C)ncnc32)cc1.CCCc1ccc(-n2cc(-c3cccc(OC)c3)c3c(C)ncnc32)cc1.CN.CN1CCC(O)CC1.CO.Cc1ncnc2c1c(-c1cccc(O)c1)cn2-c1ccc(CCCP(=O)(O)CP(=O)(O)O)cc1.N.O=P(Cl)(Cl)CP(=O)(Cl)Cl. The average Bonchev–Trinajstić information content (AvgIpc) is 1.63. The van der Waals surface area contributed by atoms with E-state index in [0.29, 0.717) is 26.1 Å². The van der Waals surface area contributed by atoms with Crippen LogP contribution in [-0.4, -0.2) is 173 Å². The van der Waals surface area contributed by atoms with Crippen molar-refractivity contribution in [3.8, 4) is 67.7 Å². The van der Waals surface area contributed by atoms with Crippen LogP contribution in [0.3, 0.4) is 0 Å². The highest BCUT2D eigenvalue weighted by Crippen LogP contribution is 2.72. The molecule has 117 heavy (non-hydrogen) atoms. The number of hydrogen-bond donors (Lipinski definition) is 11. The highest BCUT2D eigenvalue weighted by Gasteiger charge is 2.30. The van der Waals surface area contributed by atoms with E-state index in [1.807, 2.05) is 100.0 Å². The van der Waals surface area contributed by atoms with Crippen LogP contribution in [0.15, 0.2) is 183 Å². The van der Waals surface area contributed by atoms with Crippen molar-refractivity contribution in [3.63, 3.8) is 0 Å². The van der Waals surface area contributed by atoms with Crippen molar-refractivity contribution >= 4 is 105 Å². The molecule has 0 spiro atoms. The largest absolute Gasteiger partial charge is 0.508 e. The first-order chi connectivity index (χ1) is 55.2. The van der Waals surface area contributed by atoms with Crippen LogP contribution in [0.5, 0.6) is 17.2 Å². The van der Waals surface area contributed by atoms with E-state index in [0.717, 1.165) is 184 Å². The first-order valence-corrected chi connectivity index (χ1v) is 48.9. The molecule has 1 saturated heterocycles. The van der Waals surface area contributed by atoms with E-state index in [4.69, 9.17) is 79.9 Å². The lowest BCUT2D eigenvalue weighted by Gasteiger charge is -2.25. The zero-order valence-corrected chi connectivity index (χ0v) is 74.6. The van der Waals surface area contributed by atoms with Gasteiger partial charge in [-0.2, -0.15) is 0 Å². The molecule has 14 N–H and O–H groups in total. The monoisotopic (exact) mass is 1760 g/mol. The molecule has 13 rings (SSSR count). The molecule has 7 heterocycles. The zero-order chi connectivity index (χ0) is 85.9. The van der Waals surface area contributed by atoms with Crippen molar-refractivity contribution < 1.29 is 68.3 Å². The topological polar surface area (TPSA) is 416 Å². The van der Waals surface area contributed by atoms with Gasteiger partial charge < -0.3 is 80.5 Å². The van der Waals surface area contributed by atoms with Crippen LogP contribution in [0.25, 0.3) is 83.5 Å². The summed E-state index contributed by atoms with van der Waals surface area (Å²) >= 11 is 20.0. The van der Waals surface area contributed by atoms with Crippen molar-refractivity contribution in [2.45, 2.75) is 119 Å². The Labute approximate surface area is 704 Å². The van der Waals surface area contributed by atoms with Gasteiger partial charge in [-0.05, 0) is 237 Å². The van der Waals surface area contributed by atoms with Gasteiger partial charge in [-0.1, -0.05) is 113 Å². The molecule has 1 aliphatic heterocycles. The van der Waals surface area contributed by atoms with Crippen LogP contribution in [0, 0.1) is 20.8 Å². The summed E-state index contributed by atoms with van der Waals surface area (Å²) in [6, 6.07) is 47.4. The van der Waals surface area contributed by atoms with Crippen LogP contribution in [0.4, 0.5) is 0 Å². The van der Waals surface area contributed by atoms with E-state index in [1.54, 1.807) is 50.1 Å². The number of aliphatic hydroxyl groups is 4. The zero-order valence-electron chi connectivity index (χ0n) is 68.0. The maximum absolute atomic E-state index is 12.0. The number of phenolic OH excluding ortho intramolecular Hbond substituents is 2. The third-order valence-corrected chi connectivity index (χ3v) is 28.3. The number of fused-ring (bicyclic) bond motifs is 3. The van der Waals surface area contributed by atoms with E-state index in [2.05, 4.69) is 144 Å². The number of aliphatic hydroxyl groups excluding tert-OH is 4. The molecule has 0 radical (unpaired) electrons. The summed E-state index contributed by atoms with van der Waals surface area (Å²) in [5.41, 5.74) is 22.4. The number of benzene rings is 6. The third kappa shape index (κ3) is 32.7. The molecule has 1 atom stereocenters. The van der Waals surface area contributed by atoms with Crippen molar-refractivity contribution in [1.82, 2.24) is 54.7 Å². The minimum absolute atomic E-state index is 0. The van der Waals surface area contributed by atoms with Crippen molar-refractivity contribution in [2.24, 2.45) is 5.73 Å². The predicted octanol–water partition coefficient (Wildman–Crippen LogP) is 19.3. The van der Waals surface area contributed by atoms with Crippen LogP contribution >= 0.6 is 71.6 Å². The van der Waals surface area contributed by atoms with Crippen LogP contribution in [0.1, 0.15) is 106 Å². The lowest BCUT2D eigenvalue weighted by molar-refractivity contribution is 0.0942. The molecule has 6 aromatic heterocycles. The summed E-state index contributed by atoms with van der Waals surface area (Å²) in [5.74, 6) is -7.00. The van der Waals surface area contributed by atoms with Crippen molar-refractivity contribution in [1.29, 1.82) is 0 Å². The van der Waals surface area contributed by atoms with Gasteiger partial charge in [0.1, 0.15) is 65.0 Å². The fourth-order valence-electron chi connectivity index (χ4n) is 12.1. The van der Waals surface area contributed by atoms with E-state index in [-0.39, 0.29) is 29.9 Å². The van der Waals surface area contributed by atoms with E-state index in [9.17, 15) is 33.4 Å².